The van der Waals surface area contributed by atoms with Gasteiger partial charge in [-0.05, 0) is 38.5 Å². The summed E-state index contributed by atoms with van der Waals surface area (Å²) in [6.45, 7) is 5.40. The van der Waals surface area contributed by atoms with Crippen molar-refractivity contribution in [2.45, 2.75) is 90.9 Å². The minimum absolute atomic E-state index is 0.0233. The van der Waals surface area contributed by atoms with Gasteiger partial charge >= 0.3 is 11.9 Å². The Morgan fingerprint density at radius 1 is 0.667 bits per heavy atom. The van der Waals surface area contributed by atoms with Crippen LogP contribution in [0.3, 0.4) is 0 Å². The summed E-state index contributed by atoms with van der Waals surface area (Å²) in [5, 5.41) is 0. The van der Waals surface area contributed by atoms with Gasteiger partial charge in [0.1, 0.15) is 0 Å². The summed E-state index contributed by atoms with van der Waals surface area (Å²) in [6, 6.07) is 0. The van der Waals surface area contributed by atoms with Gasteiger partial charge in [-0.25, -0.2) is 0 Å². The quantitative estimate of drug-likeness (QED) is 0.369. The fraction of sp³-hybridized carbons (Fsp3) is 0.900. The van der Waals surface area contributed by atoms with Gasteiger partial charge in [-0.15, -0.1) is 0 Å². The molecule has 1 rings (SSSR count). The van der Waals surface area contributed by atoms with Crippen molar-refractivity contribution in [3.05, 3.63) is 0 Å². The van der Waals surface area contributed by atoms with Gasteiger partial charge in [0.05, 0.1) is 25.0 Å². The molecule has 0 aromatic carbocycles. The Balaban J connectivity index is 2.11. The van der Waals surface area contributed by atoms with Crippen molar-refractivity contribution in [1.29, 1.82) is 0 Å². The van der Waals surface area contributed by atoms with E-state index < -0.39 is 0 Å². The smallest absolute Gasteiger partial charge is 0.308 e. The fourth-order valence-corrected chi connectivity index (χ4v) is 3.20. The maximum absolute atomic E-state index is 12.1. The highest BCUT2D eigenvalue weighted by Gasteiger charge is 2.31. The first-order chi connectivity index (χ1) is 11.7. The largest absolute Gasteiger partial charge is 0.465 e. The van der Waals surface area contributed by atoms with E-state index in [4.69, 9.17) is 9.47 Å². The third-order valence-electron chi connectivity index (χ3n) is 4.88. The Labute approximate surface area is 147 Å². The van der Waals surface area contributed by atoms with Crippen LogP contribution in [0.15, 0.2) is 0 Å². The molecule has 1 saturated carbocycles. The zero-order valence-corrected chi connectivity index (χ0v) is 15.7. The summed E-state index contributed by atoms with van der Waals surface area (Å²) < 4.78 is 10.7. The van der Waals surface area contributed by atoms with Crippen LogP contribution >= 0.6 is 0 Å². The van der Waals surface area contributed by atoms with Gasteiger partial charge in [0.2, 0.25) is 0 Å². The van der Waals surface area contributed by atoms with Gasteiger partial charge in [-0.3, -0.25) is 9.59 Å². The molecule has 0 aromatic heterocycles. The zero-order valence-electron chi connectivity index (χ0n) is 15.7. The van der Waals surface area contributed by atoms with E-state index in [1.807, 2.05) is 0 Å². The number of esters is 2. The molecule has 0 saturated heterocycles. The lowest BCUT2D eigenvalue weighted by Crippen LogP contribution is -2.28. The Kier molecular flexibility index (Phi) is 11.6. The lowest BCUT2D eigenvalue weighted by molar-refractivity contribution is -0.155. The first-order valence-electron chi connectivity index (χ1n) is 10.0. The third-order valence-corrected chi connectivity index (χ3v) is 4.88. The maximum atomic E-state index is 12.1. The van der Waals surface area contributed by atoms with Crippen LogP contribution in [0.2, 0.25) is 0 Å². The minimum atomic E-state index is -0.0751. The number of carbonyl (C=O) groups excluding carboxylic acids is 2. The second kappa shape index (κ2) is 13.3. The van der Waals surface area contributed by atoms with Gasteiger partial charge in [0, 0.05) is 0 Å². The molecule has 0 aliphatic heterocycles. The molecule has 0 unspecified atom stereocenters. The number of carbonyl (C=O) groups is 2. The van der Waals surface area contributed by atoms with Crippen LogP contribution in [0.5, 0.6) is 0 Å². The summed E-state index contributed by atoms with van der Waals surface area (Å²) in [7, 11) is 0. The molecule has 4 nitrogen and oxygen atoms in total. The third kappa shape index (κ3) is 8.70. The van der Waals surface area contributed by atoms with Gasteiger partial charge < -0.3 is 9.47 Å². The molecule has 0 N–H and O–H groups in total. The molecule has 0 heterocycles. The highest BCUT2D eigenvalue weighted by molar-refractivity contribution is 5.75. The second-order valence-electron chi connectivity index (χ2n) is 7.00. The van der Waals surface area contributed by atoms with Crippen LogP contribution in [0, 0.1) is 11.8 Å². The van der Waals surface area contributed by atoms with Crippen molar-refractivity contribution in [2.75, 3.05) is 13.2 Å². The molecule has 4 heteroatoms. The maximum Gasteiger partial charge on any atom is 0.308 e. The predicted molar refractivity (Wildman–Crippen MR) is 95.7 cm³/mol. The van der Waals surface area contributed by atoms with E-state index >= 15 is 0 Å². The summed E-state index contributed by atoms with van der Waals surface area (Å²) in [4.78, 5) is 24.1. The molecule has 0 radical (unpaired) electrons. The van der Waals surface area contributed by atoms with E-state index in [0.29, 0.717) is 13.2 Å². The number of unbranched alkanes of at least 4 members (excludes halogenated alkanes) is 6. The number of hydrogen-bond donors (Lipinski definition) is 0. The van der Waals surface area contributed by atoms with E-state index in [1.54, 1.807) is 0 Å². The second-order valence-corrected chi connectivity index (χ2v) is 7.00. The monoisotopic (exact) mass is 340 g/mol. The molecule has 0 aromatic rings. The number of ether oxygens (including phenoxy) is 2. The Bertz CT molecular complexity index is 346. The summed E-state index contributed by atoms with van der Waals surface area (Å²) >= 11 is 0. The fourth-order valence-electron chi connectivity index (χ4n) is 3.20. The summed E-state index contributed by atoms with van der Waals surface area (Å²) in [6.07, 6.45) is 12.0. The SMILES string of the molecule is CCCCCCCOC(=O)C1CCC(C(=O)OCCCCC)CC1. The van der Waals surface area contributed by atoms with Gasteiger partial charge in [0.25, 0.3) is 0 Å². The molecule has 140 valence electrons. The molecule has 1 aliphatic rings. The van der Waals surface area contributed by atoms with Crippen molar-refractivity contribution >= 4 is 11.9 Å². The van der Waals surface area contributed by atoms with Gasteiger partial charge in [-0.1, -0.05) is 52.4 Å². The van der Waals surface area contributed by atoms with E-state index in [-0.39, 0.29) is 23.8 Å². The lowest BCUT2D eigenvalue weighted by Gasteiger charge is -2.26. The molecular weight excluding hydrogens is 304 g/mol. The average molecular weight is 341 g/mol. The van der Waals surface area contributed by atoms with Crippen LogP contribution in [-0.2, 0) is 19.1 Å². The van der Waals surface area contributed by atoms with Crippen LogP contribution in [-0.4, -0.2) is 25.2 Å². The normalized spacial score (nSPS) is 20.6. The standard InChI is InChI=1S/C20H36O4/c1-3-5-7-8-10-16-24-20(22)18-13-11-17(12-14-18)19(21)23-15-9-6-4-2/h17-18H,3-16H2,1-2H3. The Hall–Kier alpha value is -1.06. The Morgan fingerprint density at radius 3 is 1.50 bits per heavy atom. The van der Waals surface area contributed by atoms with E-state index in [0.717, 1.165) is 57.8 Å². The van der Waals surface area contributed by atoms with Crippen LogP contribution in [0.25, 0.3) is 0 Å². The lowest BCUT2D eigenvalue weighted by atomic mass is 9.82. The predicted octanol–water partition coefficient (Wildman–Crippen LogP) is 5.04. The first-order valence-corrected chi connectivity index (χ1v) is 10.0. The van der Waals surface area contributed by atoms with Gasteiger partial charge in [-0.2, -0.15) is 0 Å². The molecule has 0 spiro atoms. The first kappa shape index (κ1) is 21.0. The molecule has 0 atom stereocenters. The molecule has 0 amide bonds. The summed E-state index contributed by atoms with van der Waals surface area (Å²) in [5.74, 6) is -0.191. The molecular formula is C20H36O4. The Morgan fingerprint density at radius 2 is 1.04 bits per heavy atom. The van der Waals surface area contributed by atoms with Crippen LogP contribution in [0.4, 0.5) is 0 Å². The van der Waals surface area contributed by atoms with Crippen molar-refractivity contribution in [1.82, 2.24) is 0 Å². The van der Waals surface area contributed by atoms with Crippen molar-refractivity contribution in [3.63, 3.8) is 0 Å². The zero-order chi connectivity index (χ0) is 17.6. The highest BCUT2D eigenvalue weighted by Crippen LogP contribution is 2.30. The van der Waals surface area contributed by atoms with Gasteiger partial charge in [0.15, 0.2) is 0 Å². The number of rotatable bonds is 12. The minimum Gasteiger partial charge on any atom is -0.465 e. The van der Waals surface area contributed by atoms with Crippen molar-refractivity contribution < 1.29 is 19.1 Å². The molecule has 24 heavy (non-hydrogen) atoms. The number of hydrogen-bond acceptors (Lipinski definition) is 4. The average Bonchev–Trinajstić information content (AvgIpc) is 2.61. The molecule has 1 aliphatic carbocycles. The summed E-state index contributed by atoms with van der Waals surface area (Å²) in [5.41, 5.74) is 0. The van der Waals surface area contributed by atoms with Crippen molar-refractivity contribution in [3.8, 4) is 0 Å². The van der Waals surface area contributed by atoms with E-state index in [1.165, 1.54) is 19.3 Å². The molecule has 1 fully saturated rings. The van der Waals surface area contributed by atoms with E-state index in [9.17, 15) is 9.59 Å². The van der Waals surface area contributed by atoms with Crippen LogP contribution < -0.4 is 0 Å². The van der Waals surface area contributed by atoms with Crippen molar-refractivity contribution in [2.24, 2.45) is 11.8 Å². The highest BCUT2D eigenvalue weighted by atomic mass is 16.5. The topological polar surface area (TPSA) is 52.6 Å². The van der Waals surface area contributed by atoms with Crippen LogP contribution in [0.1, 0.15) is 90.9 Å². The van der Waals surface area contributed by atoms with E-state index in [2.05, 4.69) is 13.8 Å². The molecule has 0 bridgehead atoms.